The number of hydrogen-bond acceptors (Lipinski definition) is 4. The molecule has 0 aromatic rings. The highest BCUT2D eigenvalue weighted by Gasteiger charge is 2.10. The molecule has 14 heavy (non-hydrogen) atoms. The molecule has 0 heterocycles. The SMILES string of the molecule is CCC(C)C(=O)OCCOCCCO. The zero-order chi connectivity index (χ0) is 10.8. The Kier molecular flexibility index (Phi) is 8.57. The number of ether oxygens (including phenoxy) is 2. The molecule has 0 spiro atoms. The van der Waals surface area contributed by atoms with Crippen LogP contribution in [0.2, 0.25) is 0 Å². The molecule has 84 valence electrons. The second-order valence-electron chi connectivity index (χ2n) is 3.17. The Morgan fingerprint density at radius 1 is 1.36 bits per heavy atom. The van der Waals surface area contributed by atoms with Gasteiger partial charge in [0.05, 0.1) is 12.5 Å². The first kappa shape index (κ1) is 13.4. The molecule has 0 bridgehead atoms. The molecule has 0 fully saturated rings. The number of aliphatic hydroxyl groups excluding tert-OH is 1. The first-order valence-corrected chi connectivity index (χ1v) is 5.07. The molecule has 0 aromatic carbocycles. The van der Waals surface area contributed by atoms with E-state index in [-0.39, 0.29) is 18.5 Å². The van der Waals surface area contributed by atoms with Crippen LogP contribution in [-0.4, -0.2) is 37.5 Å². The van der Waals surface area contributed by atoms with Gasteiger partial charge in [0, 0.05) is 13.2 Å². The maximum absolute atomic E-state index is 11.1. The van der Waals surface area contributed by atoms with Gasteiger partial charge in [-0.15, -0.1) is 0 Å². The van der Waals surface area contributed by atoms with Crippen LogP contribution in [0.5, 0.6) is 0 Å². The van der Waals surface area contributed by atoms with E-state index in [1.165, 1.54) is 0 Å². The maximum atomic E-state index is 11.1. The van der Waals surface area contributed by atoms with Gasteiger partial charge in [-0.25, -0.2) is 0 Å². The standard InChI is InChI=1S/C10H20O4/c1-3-9(2)10(12)14-8-7-13-6-4-5-11/h9,11H,3-8H2,1-2H3. The third-order valence-electron chi connectivity index (χ3n) is 1.93. The van der Waals surface area contributed by atoms with Gasteiger partial charge in [0.25, 0.3) is 0 Å². The summed E-state index contributed by atoms with van der Waals surface area (Å²) >= 11 is 0. The minimum Gasteiger partial charge on any atom is -0.463 e. The highest BCUT2D eigenvalue weighted by atomic mass is 16.6. The Bertz CT molecular complexity index is 147. The van der Waals surface area contributed by atoms with Crippen LogP contribution in [0.3, 0.4) is 0 Å². The van der Waals surface area contributed by atoms with E-state index in [4.69, 9.17) is 14.6 Å². The number of aliphatic hydroxyl groups is 1. The topological polar surface area (TPSA) is 55.8 Å². The van der Waals surface area contributed by atoms with E-state index in [0.29, 0.717) is 26.2 Å². The van der Waals surface area contributed by atoms with E-state index in [9.17, 15) is 4.79 Å². The zero-order valence-electron chi connectivity index (χ0n) is 8.99. The molecule has 0 aliphatic carbocycles. The average molecular weight is 204 g/mol. The van der Waals surface area contributed by atoms with Crippen LogP contribution in [0.25, 0.3) is 0 Å². The van der Waals surface area contributed by atoms with Crippen molar-refractivity contribution >= 4 is 5.97 Å². The summed E-state index contributed by atoms with van der Waals surface area (Å²) < 4.78 is 10.0. The molecule has 0 rings (SSSR count). The molecule has 1 atom stereocenters. The van der Waals surface area contributed by atoms with Crippen molar-refractivity contribution in [3.63, 3.8) is 0 Å². The van der Waals surface area contributed by atoms with E-state index < -0.39 is 0 Å². The van der Waals surface area contributed by atoms with Crippen molar-refractivity contribution in [3.05, 3.63) is 0 Å². The van der Waals surface area contributed by atoms with Gasteiger partial charge >= 0.3 is 5.97 Å². The van der Waals surface area contributed by atoms with Gasteiger partial charge in [0.15, 0.2) is 0 Å². The minimum absolute atomic E-state index is 0.0348. The van der Waals surface area contributed by atoms with Crippen LogP contribution >= 0.6 is 0 Å². The highest BCUT2D eigenvalue weighted by Crippen LogP contribution is 2.02. The smallest absolute Gasteiger partial charge is 0.308 e. The summed E-state index contributed by atoms with van der Waals surface area (Å²) in [7, 11) is 0. The van der Waals surface area contributed by atoms with Crippen molar-refractivity contribution < 1.29 is 19.4 Å². The lowest BCUT2D eigenvalue weighted by Crippen LogP contribution is -2.17. The van der Waals surface area contributed by atoms with Gasteiger partial charge < -0.3 is 14.6 Å². The first-order chi connectivity index (χ1) is 6.72. The first-order valence-electron chi connectivity index (χ1n) is 5.07. The number of esters is 1. The Hall–Kier alpha value is -0.610. The van der Waals surface area contributed by atoms with E-state index in [2.05, 4.69) is 0 Å². The normalized spacial score (nSPS) is 12.5. The van der Waals surface area contributed by atoms with Gasteiger partial charge in [-0.05, 0) is 12.8 Å². The Labute approximate surface area is 85.2 Å². The summed E-state index contributed by atoms with van der Waals surface area (Å²) in [5.74, 6) is -0.203. The summed E-state index contributed by atoms with van der Waals surface area (Å²) in [6, 6.07) is 0. The molecule has 4 nitrogen and oxygen atoms in total. The van der Waals surface area contributed by atoms with Crippen molar-refractivity contribution in [2.45, 2.75) is 26.7 Å². The number of hydrogen-bond donors (Lipinski definition) is 1. The second kappa shape index (κ2) is 8.97. The van der Waals surface area contributed by atoms with Crippen molar-refractivity contribution in [3.8, 4) is 0 Å². The molecule has 0 saturated carbocycles. The number of rotatable bonds is 8. The summed E-state index contributed by atoms with van der Waals surface area (Å²) in [5, 5.41) is 8.45. The quantitative estimate of drug-likeness (QED) is 0.473. The van der Waals surface area contributed by atoms with Crippen molar-refractivity contribution in [1.82, 2.24) is 0 Å². The molecule has 4 heteroatoms. The van der Waals surface area contributed by atoms with E-state index in [1.54, 1.807) is 0 Å². The maximum Gasteiger partial charge on any atom is 0.308 e. The van der Waals surface area contributed by atoms with E-state index in [0.717, 1.165) is 6.42 Å². The fourth-order valence-corrected chi connectivity index (χ4v) is 0.779. The third-order valence-corrected chi connectivity index (χ3v) is 1.93. The molecule has 0 amide bonds. The molecule has 0 aliphatic heterocycles. The monoisotopic (exact) mass is 204 g/mol. The predicted octanol–water partition coefficient (Wildman–Crippen LogP) is 0.975. The van der Waals surface area contributed by atoms with Crippen LogP contribution in [0.1, 0.15) is 26.7 Å². The lowest BCUT2D eigenvalue weighted by atomic mass is 10.1. The van der Waals surface area contributed by atoms with Gasteiger partial charge in [-0.2, -0.15) is 0 Å². The van der Waals surface area contributed by atoms with Crippen LogP contribution in [0.15, 0.2) is 0 Å². The van der Waals surface area contributed by atoms with Crippen molar-refractivity contribution in [2.75, 3.05) is 26.4 Å². The van der Waals surface area contributed by atoms with Gasteiger partial charge in [0.2, 0.25) is 0 Å². The second-order valence-corrected chi connectivity index (χ2v) is 3.17. The van der Waals surface area contributed by atoms with E-state index in [1.807, 2.05) is 13.8 Å². The third kappa shape index (κ3) is 6.86. The molecule has 1 unspecified atom stereocenters. The van der Waals surface area contributed by atoms with Crippen LogP contribution < -0.4 is 0 Å². The molecule has 0 radical (unpaired) electrons. The Morgan fingerprint density at radius 3 is 2.64 bits per heavy atom. The number of carbonyl (C=O) groups is 1. The fraction of sp³-hybridized carbons (Fsp3) is 0.900. The molecular weight excluding hydrogens is 184 g/mol. The highest BCUT2D eigenvalue weighted by molar-refractivity contribution is 5.71. The molecule has 1 N–H and O–H groups in total. The Morgan fingerprint density at radius 2 is 2.07 bits per heavy atom. The van der Waals surface area contributed by atoms with Crippen molar-refractivity contribution in [1.29, 1.82) is 0 Å². The van der Waals surface area contributed by atoms with Crippen LogP contribution in [-0.2, 0) is 14.3 Å². The average Bonchev–Trinajstić information content (AvgIpc) is 2.21. The largest absolute Gasteiger partial charge is 0.463 e. The minimum atomic E-state index is -0.168. The number of carbonyl (C=O) groups excluding carboxylic acids is 1. The van der Waals surface area contributed by atoms with Gasteiger partial charge in [-0.1, -0.05) is 13.8 Å². The molecule has 0 aliphatic rings. The predicted molar refractivity (Wildman–Crippen MR) is 52.9 cm³/mol. The zero-order valence-corrected chi connectivity index (χ0v) is 8.99. The van der Waals surface area contributed by atoms with Gasteiger partial charge in [-0.3, -0.25) is 4.79 Å². The van der Waals surface area contributed by atoms with Crippen LogP contribution in [0.4, 0.5) is 0 Å². The molecule has 0 aromatic heterocycles. The fourth-order valence-electron chi connectivity index (χ4n) is 0.779. The van der Waals surface area contributed by atoms with Crippen molar-refractivity contribution in [2.24, 2.45) is 5.92 Å². The Balaban J connectivity index is 3.23. The summed E-state index contributed by atoms with van der Waals surface area (Å²) in [4.78, 5) is 11.1. The van der Waals surface area contributed by atoms with Gasteiger partial charge in [0.1, 0.15) is 6.61 Å². The summed E-state index contributed by atoms with van der Waals surface area (Å²) in [6.07, 6.45) is 1.42. The summed E-state index contributed by atoms with van der Waals surface area (Å²) in [5.41, 5.74) is 0. The lowest BCUT2D eigenvalue weighted by molar-refractivity contribution is -0.149. The lowest BCUT2D eigenvalue weighted by Gasteiger charge is -2.09. The molecule has 0 saturated heterocycles. The molecular formula is C10H20O4. The summed E-state index contributed by atoms with van der Waals surface area (Å²) in [6.45, 7) is 5.14. The van der Waals surface area contributed by atoms with E-state index >= 15 is 0 Å². The van der Waals surface area contributed by atoms with Crippen LogP contribution in [0, 0.1) is 5.92 Å².